The van der Waals surface area contributed by atoms with Gasteiger partial charge in [0.25, 0.3) is 5.91 Å². The van der Waals surface area contributed by atoms with E-state index in [0.29, 0.717) is 47.0 Å². The molecule has 4 heterocycles. The van der Waals surface area contributed by atoms with Crippen molar-refractivity contribution >= 4 is 34.3 Å². The summed E-state index contributed by atoms with van der Waals surface area (Å²) in [6.07, 6.45) is 3.19. The van der Waals surface area contributed by atoms with Crippen LogP contribution in [0.1, 0.15) is 40.6 Å². The Labute approximate surface area is 207 Å². The van der Waals surface area contributed by atoms with Crippen molar-refractivity contribution < 1.29 is 23.5 Å². The Morgan fingerprint density at radius 3 is 2.61 bits per heavy atom. The van der Waals surface area contributed by atoms with E-state index in [1.54, 1.807) is 47.5 Å². The van der Waals surface area contributed by atoms with E-state index in [2.05, 4.69) is 15.3 Å². The number of morpholine rings is 1. The SMILES string of the molecule is COC(=O)c1cc(N2CCOCC2)ccc1NC(=O)c1cc(-c2ccco2)nc2c1cnn2C(C)C. The molecule has 0 aliphatic carbocycles. The molecule has 0 radical (unpaired) electrons. The second kappa shape index (κ2) is 9.82. The summed E-state index contributed by atoms with van der Waals surface area (Å²) in [4.78, 5) is 33.1. The second-order valence-corrected chi connectivity index (χ2v) is 8.73. The highest BCUT2D eigenvalue weighted by Crippen LogP contribution is 2.29. The number of nitrogens with zero attached hydrogens (tertiary/aromatic N) is 4. The number of carbonyl (C=O) groups is 2. The summed E-state index contributed by atoms with van der Waals surface area (Å²) in [5.41, 5.74) is 2.93. The monoisotopic (exact) mass is 489 g/mol. The maximum absolute atomic E-state index is 13.6. The summed E-state index contributed by atoms with van der Waals surface area (Å²) in [7, 11) is 1.32. The van der Waals surface area contributed by atoms with Crippen molar-refractivity contribution in [3.63, 3.8) is 0 Å². The number of aromatic nitrogens is 3. The highest BCUT2D eigenvalue weighted by atomic mass is 16.5. The first kappa shape index (κ1) is 23.6. The molecule has 36 heavy (non-hydrogen) atoms. The lowest BCUT2D eigenvalue weighted by molar-refractivity contribution is 0.0602. The van der Waals surface area contributed by atoms with Crippen LogP contribution >= 0.6 is 0 Å². The van der Waals surface area contributed by atoms with Crippen LogP contribution < -0.4 is 10.2 Å². The van der Waals surface area contributed by atoms with Crippen LogP contribution in [0.2, 0.25) is 0 Å². The number of nitrogens with one attached hydrogen (secondary N) is 1. The fourth-order valence-electron chi connectivity index (χ4n) is 4.26. The van der Waals surface area contributed by atoms with E-state index < -0.39 is 11.9 Å². The number of anilines is 2. The minimum Gasteiger partial charge on any atom is -0.465 e. The Bertz CT molecular complexity index is 1400. The van der Waals surface area contributed by atoms with Crippen LogP contribution in [0, 0.1) is 0 Å². The van der Waals surface area contributed by atoms with Crippen LogP contribution in [0.5, 0.6) is 0 Å². The van der Waals surface area contributed by atoms with Gasteiger partial charge in [0.2, 0.25) is 0 Å². The molecule has 1 N–H and O–H groups in total. The summed E-state index contributed by atoms with van der Waals surface area (Å²) in [6, 6.07) is 10.6. The fourth-order valence-corrected chi connectivity index (χ4v) is 4.26. The molecule has 1 fully saturated rings. The molecule has 0 saturated carbocycles. The van der Waals surface area contributed by atoms with Crippen molar-refractivity contribution in [3.8, 4) is 11.5 Å². The summed E-state index contributed by atoms with van der Waals surface area (Å²) < 4.78 is 17.7. The van der Waals surface area contributed by atoms with Crippen molar-refractivity contribution in [2.75, 3.05) is 43.6 Å². The molecule has 10 heteroatoms. The maximum atomic E-state index is 13.6. The van der Waals surface area contributed by atoms with Gasteiger partial charge in [0.15, 0.2) is 11.4 Å². The third-order valence-corrected chi connectivity index (χ3v) is 6.11. The third kappa shape index (κ3) is 4.42. The van der Waals surface area contributed by atoms with Gasteiger partial charge in [-0.15, -0.1) is 0 Å². The Balaban J connectivity index is 1.54. The number of hydrogen-bond donors (Lipinski definition) is 1. The van der Waals surface area contributed by atoms with Gasteiger partial charge in [-0.2, -0.15) is 5.10 Å². The lowest BCUT2D eigenvalue weighted by Gasteiger charge is -2.29. The molecule has 1 amide bonds. The Hall–Kier alpha value is -4.18. The molecule has 4 aromatic rings. The smallest absolute Gasteiger partial charge is 0.340 e. The maximum Gasteiger partial charge on any atom is 0.340 e. The Morgan fingerprint density at radius 1 is 1.11 bits per heavy atom. The van der Waals surface area contributed by atoms with Crippen molar-refractivity contribution in [1.29, 1.82) is 0 Å². The van der Waals surface area contributed by atoms with Crippen LogP contribution in [0.25, 0.3) is 22.5 Å². The van der Waals surface area contributed by atoms with E-state index in [4.69, 9.17) is 18.9 Å². The van der Waals surface area contributed by atoms with E-state index in [1.165, 1.54) is 7.11 Å². The lowest BCUT2D eigenvalue weighted by atomic mass is 10.1. The number of carbonyl (C=O) groups excluding carboxylic acids is 2. The van der Waals surface area contributed by atoms with Crippen molar-refractivity contribution in [2.24, 2.45) is 0 Å². The van der Waals surface area contributed by atoms with Gasteiger partial charge in [0.1, 0.15) is 5.69 Å². The summed E-state index contributed by atoms with van der Waals surface area (Å²) in [6.45, 7) is 6.66. The molecule has 5 rings (SSSR count). The number of hydrogen-bond acceptors (Lipinski definition) is 8. The lowest BCUT2D eigenvalue weighted by Crippen LogP contribution is -2.36. The van der Waals surface area contributed by atoms with Gasteiger partial charge in [-0.1, -0.05) is 0 Å². The first-order valence-electron chi connectivity index (χ1n) is 11.7. The van der Waals surface area contributed by atoms with Crippen molar-refractivity contribution in [2.45, 2.75) is 19.9 Å². The topological polar surface area (TPSA) is 112 Å². The molecule has 186 valence electrons. The van der Waals surface area contributed by atoms with Crippen LogP contribution in [-0.4, -0.2) is 60.1 Å². The average Bonchev–Trinajstić information content (AvgIpc) is 3.59. The fraction of sp³-hybridized carbons (Fsp3) is 0.308. The predicted molar refractivity (Wildman–Crippen MR) is 134 cm³/mol. The zero-order chi connectivity index (χ0) is 25.2. The van der Waals surface area contributed by atoms with Gasteiger partial charge < -0.3 is 24.1 Å². The number of ether oxygens (including phenoxy) is 2. The first-order valence-corrected chi connectivity index (χ1v) is 11.7. The average molecular weight is 490 g/mol. The standard InChI is InChI=1S/C26H27N5O5/c1-16(2)31-24-20(15-27-31)18(14-22(28-24)23-5-4-10-36-23)25(32)29-21-7-6-17(13-19(21)26(33)34-3)30-8-11-35-12-9-30/h4-7,10,13-16H,8-9,11-12H2,1-3H3,(H,29,32). The van der Waals surface area contributed by atoms with Crippen LogP contribution in [0.3, 0.4) is 0 Å². The van der Waals surface area contributed by atoms with Crippen molar-refractivity contribution in [1.82, 2.24) is 14.8 Å². The number of amides is 1. The quantitative estimate of drug-likeness (QED) is 0.402. The van der Waals surface area contributed by atoms with Gasteiger partial charge in [-0.25, -0.2) is 14.5 Å². The van der Waals surface area contributed by atoms with Crippen LogP contribution in [0.15, 0.2) is 53.3 Å². The number of benzene rings is 1. The molecule has 0 bridgehead atoms. The van der Waals surface area contributed by atoms with E-state index in [1.807, 2.05) is 19.9 Å². The number of furan rings is 1. The number of methoxy groups -OCH3 is 1. The van der Waals surface area contributed by atoms with Gasteiger partial charge in [-0.05, 0) is 50.2 Å². The molecule has 1 saturated heterocycles. The van der Waals surface area contributed by atoms with E-state index in [0.717, 1.165) is 18.8 Å². The summed E-state index contributed by atoms with van der Waals surface area (Å²) in [5, 5.41) is 7.94. The van der Waals surface area contributed by atoms with E-state index in [-0.39, 0.29) is 11.6 Å². The molecular formula is C26H27N5O5. The van der Waals surface area contributed by atoms with E-state index in [9.17, 15) is 9.59 Å². The number of rotatable bonds is 6. The van der Waals surface area contributed by atoms with Gasteiger partial charge in [0.05, 0.1) is 55.0 Å². The zero-order valence-electron chi connectivity index (χ0n) is 20.4. The molecule has 3 aromatic heterocycles. The molecule has 1 aromatic carbocycles. The molecule has 0 unspecified atom stereocenters. The van der Waals surface area contributed by atoms with Crippen LogP contribution in [0.4, 0.5) is 11.4 Å². The first-order chi connectivity index (χ1) is 17.5. The largest absolute Gasteiger partial charge is 0.465 e. The van der Waals surface area contributed by atoms with E-state index >= 15 is 0 Å². The van der Waals surface area contributed by atoms with Gasteiger partial charge in [-0.3, -0.25) is 4.79 Å². The van der Waals surface area contributed by atoms with Crippen molar-refractivity contribution in [3.05, 3.63) is 60.0 Å². The number of pyridine rings is 1. The highest BCUT2D eigenvalue weighted by Gasteiger charge is 2.22. The highest BCUT2D eigenvalue weighted by molar-refractivity contribution is 6.14. The number of fused-ring (bicyclic) bond motifs is 1. The predicted octanol–water partition coefficient (Wildman–Crippen LogP) is 4.15. The Kier molecular flexibility index (Phi) is 6.43. The summed E-state index contributed by atoms with van der Waals surface area (Å²) >= 11 is 0. The molecular weight excluding hydrogens is 462 g/mol. The molecule has 1 aliphatic rings. The van der Waals surface area contributed by atoms with Crippen LogP contribution in [-0.2, 0) is 9.47 Å². The molecule has 0 spiro atoms. The zero-order valence-corrected chi connectivity index (χ0v) is 20.4. The van der Waals surface area contributed by atoms with Gasteiger partial charge >= 0.3 is 5.97 Å². The molecule has 10 nitrogen and oxygen atoms in total. The second-order valence-electron chi connectivity index (χ2n) is 8.73. The van der Waals surface area contributed by atoms with Gasteiger partial charge in [0, 0.05) is 24.8 Å². The molecule has 0 atom stereocenters. The minimum atomic E-state index is -0.538. The summed E-state index contributed by atoms with van der Waals surface area (Å²) in [5.74, 6) is -0.403. The Morgan fingerprint density at radius 2 is 1.92 bits per heavy atom. The molecule has 1 aliphatic heterocycles. The third-order valence-electron chi connectivity index (χ3n) is 6.11. The number of esters is 1. The minimum absolute atomic E-state index is 0.0384. The normalized spacial score (nSPS) is 13.8.